The molecule has 18 heavy (non-hydrogen) atoms. The molecule has 0 aliphatic rings. The van der Waals surface area contributed by atoms with E-state index in [0.29, 0.717) is 0 Å². The van der Waals surface area contributed by atoms with E-state index < -0.39 is 0 Å². The van der Waals surface area contributed by atoms with Gasteiger partial charge in [-0.05, 0) is 56.7 Å². The highest BCUT2D eigenvalue weighted by Crippen LogP contribution is 2.25. The molecule has 0 aliphatic heterocycles. The number of ether oxygens (including phenoxy) is 1. The van der Waals surface area contributed by atoms with Crippen molar-refractivity contribution in [1.82, 2.24) is 0 Å². The van der Waals surface area contributed by atoms with Crippen molar-refractivity contribution in [3.05, 3.63) is 28.8 Å². The first-order valence-corrected chi connectivity index (χ1v) is 6.76. The summed E-state index contributed by atoms with van der Waals surface area (Å²) in [6.07, 6.45) is 2.16. The summed E-state index contributed by atoms with van der Waals surface area (Å²) in [7, 11) is 0. The Morgan fingerprint density at radius 2 is 1.67 bits per heavy atom. The molecular weight excluding hydrogens is 222 g/mol. The molecule has 0 saturated carbocycles. The van der Waals surface area contributed by atoms with Crippen LogP contribution in [0.2, 0.25) is 0 Å². The van der Waals surface area contributed by atoms with Crippen LogP contribution in [-0.4, -0.2) is 13.2 Å². The number of hydrogen-bond donors (Lipinski definition) is 1. The highest BCUT2D eigenvalue weighted by Gasteiger charge is 2.14. The summed E-state index contributed by atoms with van der Waals surface area (Å²) in [5.74, 6) is 1.05. The van der Waals surface area contributed by atoms with Crippen LogP contribution in [0.5, 0.6) is 5.75 Å². The predicted molar refractivity (Wildman–Crippen MR) is 78.2 cm³/mol. The van der Waals surface area contributed by atoms with Crippen molar-refractivity contribution in [1.29, 1.82) is 0 Å². The van der Waals surface area contributed by atoms with Gasteiger partial charge in [0.25, 0.3) is 0 Å². The Kier molecular flexibility index (Phi) is 5.21. The van der Waals surface area contributed by atoms with Crippen molar-refractivity contribution in [3.8, 4) is 5.75 Å². The Balaban J connectivity index is 2.50. The highest BCUT2D eigenvalue weighted by atomic mass is 16.5. The fourth-order valence-corrected chi connectivity index (χ4v) is 2.22. The molecule has 0 saturated heterocycles. The van der Waals surface area contributed by atoms with Gasteiger partial charge in [-0.3, -0.25) is 0 Å². The number of benzene rings is 1. The smallest absolute Gasteiger partial charge is 0.125 e. The maximum atomic E-state index is 5.92. The molecular formula is C16H27NO. The first kappa shape index (κ1) is 15.0. The fraction of sp³-hybridized carbons (Fsp3) is 0.625. The molecule has 102 valence electrons. The van der Waals surface area contributed by atoms with Gasteiger partial charge < -0.3 is 10.5 Å². The van der Waals surface area contributed by atoms with Crippen molar-refractivity contribution in [3.63, 3.8) is 0 Å². The van der Waals surface area contributed by atoms with Crippen LogP contribution in [0.1, 0.15) is 43.4 Å². The molecule has 2 heteroatoms. The summed E-state index contributed by atoms with van der Waals surface area (Å²) in [6.45, 7) is 12.3. The molecule has 2 nitrogen and oxygen atoms in total. The topological polar surface area (TPSA) is 35.2 Å². The fourth-order valence-electron chi connectivity index (χ4n) is 2.22. The van der Waals surface area contributed by atoms with Gasteiger partial charge >= 0.3 is 0 Å². The molecule has 0 fully saturated rings. The molecule has 0 unspecified atom stereocenters. The van der Waals surface area contributed by atoms with Crippen LogP contribution in [0.3, 0.4) is 0 Å². The van der Waals surface area contributed by atoms with Gasteiger partial charge in [0, 0.05) is 0 Å². The molecule has 1 aromatic carbocycles. The van der Waals surface area contributed by atoms with Crippen LogP contribution in [0, 0.1) is 26.2 Å². The Hall–Kier alpha value is -1.02. The van der Waals surface area contributed by atoms with Gasteiger partial charge in [0.15, 0.2) is 0 Å². The van der Waals surface area contributed by atoms with Crippen molar-refractivity contribution >= 4 is 0 Å². The lowest BCUT2D eigenvalue weighted by Crippen LogP contribution is -2.24. The van der Waals surface area contributed by atoms with Crippen molar-refractivity contribution < 1.29 is 4.74 Å². The maximum absolute atomic E-state index is 5.92. The summed E-state index contributed by atoms with van der Waals surface area (Å²) in [4.78, 5) is 0. The van der Waals surface area contributed by atoms with E-state index in [1.807, 2.05) is 0 Å². The first-order valence-electron chi connectivity index (χ1n) is 6.76. The normalized spacial score (nSPS) is 11.7. The maximum Gasteiger partial charge on any atom is 0.125 e. The van der Waals surface area contributed by atoms with Gasteiger partial charge in [-0.25, -0.2) is 0 Å². The Labute approximate surface area is 112 Å². The molecule has 0 radical (unpaired) electrons. The van der Waals surface area contributed by atoms with Crippen LogP contribution < -0.4 is 10.5 Å². The molecule has 2 N–H and O–H groups in total. The minimum atomic E-state index is 0.223. The quantitative estimate of drug-likeness (QED) is 0.779. The van der Waals surface area contributed by atoms with Gasteiger partial charge in [0.2, 0.25) is 0 Å². The summed E-state index contributed by atoms with van der Waals surface area (Å²) >= 11 is 0. The summed E-state index contributed by atoms with van der Waals surface area (Å²) in [5, 5.41) is 0. The molecule has 0 atom stereocenters. The Morgan fingerprint density at radius 3 is 2.17 bits per heavy atom. The number of nitrogens with two attached hydrogens (primary N) is 1. The zero-order valence-electron chi connectivity index (χ0n) is 12.5. The predicted octanol–water partition coefficient (Wildman–Crippen LogP) is 3.76. The van der Waals surface area contributed by atoms with Crippen molar-refractivity contribution in [2.45, 2.75) is 47.5 Å². The van der Waals surface area contributed by atoms with Crippen LogP contribution in [0.4, 0.5) is 0 Å². The lowest BCUT2D eigenvalue weighted by molar-refractivity contribution is 0.259. The summed E-state index contributed by atoms with van der Waals surface area (Å²) in [6, 6.07) is 4.35. The lowest BCUT2D eigenvalue weighted by Gasteiger charge is -2.22. The molecule has 0 spiro atoms. The second kappa shape index (κ2) is 6.24. The third kappa shape index (κ3) is 4.34. The van der Waals surface area contributed by atoms with E-state index in [1.165, 1.54) is 16.7 Å². The SMILES string of the molecule is Cc1cc(C)c(OCCCC(C)(C)CN)c(C)c1. The molecule has 0 bridgehead atoms. The zero-order chi connectivity index (χ0) is 13.8. The third-order valence-corrected chi connectivity index (χ3v) is 3.40. The van der Waals surface area contributed by atoms with Crippen LogP contribution in [0.25, 0.3) is 0 Å². The van der Waals surface area contributed by atoms with E-state index in [4.69, 9.17) is 10.5 Å². The average Bonchev–Trinajstić information content (AvgIpc) is 2.26. The van der Waals surface area contributed by atoms with Gasteiger partial charge in [-0.1, -0.05) is 31.5 Å². The third-order valence-electron chi connectivity index (χ3n) is 3.40. The van der Waals surface area contributed by atoms with Crippen LogP contribution >= 0.6 is 0 Å². The summed E-state index contributed by atoms with van der Waals surface area (Å²) in [5.41, 5.74) is 9.69. The van der Waals surface area contributed by atoms with Crippen LogP contribution in [0.15, 0.2) is 12.1 Å². The molecule has 0 amide bonds. The second-order valence-corrected chi connectivity index (χ2v) is 6.05. The van der Waals surface area contributed by atoms with Crippen molar-refractivity contribution in [2.75, 3.05) is 13.2 Å². The standard InChI is InChI=1S/C16H27NO/c1-12-9-13(2)15(14(3)10-12)18-8-6-7-16(4,5)11-17/h9-10H,6-8,11,17H2,1-5H3. The van der Waals surface area contributed by atoms with E-state index in [-0.39, 0.29) is 5.41 Å². The zero-order valence-corrected chi connectivity index (χ0v) is 12.5. The summed E-state index contributed by atoms with van der Waals surface area (Å²) < 4.78 is 5.92. The van der Waals surface area contributed by atoms with E-state index >= 15 is 0 Å². The highest BCUT2D eigenvalue weighted by molar-refractivity contribution is 5.42. The van der Waals surface area contributed by atoms with Crippen molar-refractivity contribution in [2.24, 2.45) is 11.1 Å². The molecule has 0 aromatic heterocycles. The van der Waals surface area contributed by atoms with Gasteiger partial charge in [-0.15, -0.1) is 0 Å². The van der Waals surface area contributed by atoms with E-state index in [9.17, 15) is 0 Å². The minimum absolute atomic E-state index is 0.223. The van der Waals surface area contributed by atoms with Crippen LogP contribution in [-0.2, 0) is 0 Å². The first-order chi connectivity index (χ1) is 8.35. The largest absolute Gasteiger partial charge is 0.493 e. The van der Waals surface area contributed by atoms with E-state index in [1.54, 1.807) is 0 Å². The number of aryl methyl sites for hydroxylation is 3. The molecule has 0 heterocycles. The minimum Gasteiger partial charge on any atom is -0.493 e. The van der Waals surface area contributed by atoms with Gasteiger partial charge in [-0.2, -0.15) is 0 Å². The number of rotatable bonds is 6. The van der Waals surface area contributed by atoms with Gasteiger partial charge in [0.05, 0.1) is 6.61 Å². The average molecular weight is 249 g/mol. The molecule has 0 aliphatic carbocycles. The lowest BCUT2D eigenvalue weighted by atomic mass is 9.88. The Bertz CT molecular complexity index is 373. The Morgan fingerprint density at radius 1 is 1.11 bits per heavy atom. The number of hydrogen-bond acceptors (Lipinski definition) is 2. The van der Waals surface area contributed by atoms with E-state index in [2.05, 4.69) is 46.8 Å². The molecule has 1 rings (SSSR count). The second-order valence-electron chi connectivity index (χ2n) is 6.05. The van der Waals surface area contributed by atoms with Gasteiger partial charge in [0.1, 0.15) is 5.75 Å². The van der Waals surface area contributed by atoms with E-state index in [0.717, 1.165) is 31.7 Å². The molecule has 1 aromatic rings. The monoisotopic (exact) mass is 249 g/mol.